The fourth-order valence-corrected chi connectivity index (χ4v) is 2.54. The van der Waals surface area contributed by atoms with Crippen molar-refractivity contribution in [3.05, 3.63) is 41.7 Å². The van der Waals surface area contributed by atoms with Gasteiger partial charge in [0.1, 0.15) is 23.9 Å². The Labute approximate surface area is 124 Å². The smallest absolute Gasteiger partial charge is 0.237 e. The Morgan fingerprint density at radius 2 is 2.00 bits per heavy atom. The summed E-state index contributed by atoms with van der Waals surface area (Å²) in [6, 6.07) is 9.10. The molecule has 1 N–H and O–H groups in total. The second kappa shape index (κ2) is 6.62. The van der Waals surface area contributed by atoms with Crippen molar-refractivity contribution in [2.75, 3.05) is 17.1 Å². The van der Waals surface area contributed by atoms with Gasteiger partial charge in [0.25, 0.3) is 0 Å². The number of hydrogen-bond acceptors (Lipinski definition) is 5. The molecule has 1 aromatic heterocycles. The summed E-state index contributed by atoms with van der Waals surface area (Å²) in [4.78, 5) is 0. The fraction of sp³-hybridized carbons (Fsp3) is 0.357. The Balaban J connectivity index is 1.83. The zero-order valence-corrected chi connectivity index (χ0v) is 12.8. The summed E-state index contributed by atoms with van der Waals surface area (Å²) < 4.78 is 36.2. The van der Waals surface area contributed by atoms with E-state index in [-0.39, 0.29) is 18.2 Å². The summed E-state index contributed by atoms with van der Waals surface area (Å²) in [7, 11) is -3.50. The van der Waals surface area contributed by atoms with Crippen LogP contribution < -0.4 is 9.46 Å². The maximum absolute atomic E-state index is 11.8. The number of benzene rings is 1. The lowest BCUT2D eigenvalue weighted by Gasteiger charge is -2.08. The van der Waals surface area contributed by atoms with Crippen molar-refractivity contribution in [2.45, 2.75) is 20.3 Å². The molecule has 2 rings (SSSR count). The zero-order chi connectivity index (χ0) is 15.3. The topological polar surface area (TPSA) is 81.4 Å². The van der Waals surface area contributed by atoms with E-state index in [1.807, 2.05) is 24.3 Å². The zero-order valence-electron chi connectivity index (χ0n) is 12.0. The maximum Gasteiger partial charge on any atom is 0.237 e. The van der Waals surface area contributed by atoms with Gasteiger partial charge in [-0.25, -0.2) is 8.42 Å². The summed E-state index contributed by atoms with van der Waals surface area (Å²) in [5.41, 5.74) is 1.21. The third-order valence-corrected chi connectivity index (χ3v) is 4.06. The SMILES string of the molecule is CCc1ccc(OCCS(=O)(=O)Nc2cc(C)on2)cc1. The third-order valence-electron chi connectivity index (χ3n) is 2.84. The standard InChI is InChI=1S/C14H18N2O4S/c1-3-12-4-6-13(7-5-12)19-8-9-21(17,18)16-14-10-11(2)20-15-14/h4-7,10H,3,8-9H2,1-2H3,(H,15,16). The Kier molecular flexibility index (Phi) is 4.85. The van der Waals surface area contributed by atoms with Crippen LogP contribution in [-0.4, -0.2) is 25.9 Å². The van der Waals surface area contributed by atoms with E-state index in [0.717, 1.165) is 6.42 Å². The van der Waals surface area contributed by atoms with Crippen LogP contribution >= 0.6 is 0 Å². The van der Waals surface area contributed by atoms with Crippen molar-refractivity contribution in [1.82, 2.24) is 5.16 Å². The van der Waals surface area contributed by atoms with Crippen LogP contribution in [0.3, 0.4) is 0 Å². The Morgan fingerprint density at radius 3 is 2.57 bits per heavy atom. The van der Waals surface area contributed by atoms with Crippen molar-refractivity contribution in [2.24, 2.45) is 0 Å². The van der Waals surface area contributed by atoms with Crippen LogP contribution in [0, 0.1) is 6.92 Å². The number of sulfonamides is 1. The number of aryl methyl sites for hydroxylation is 2. The molecule has 0 saturated carbocycles. The minimum absolute atomic E-state index is 0.0671. The summed E-state index contributed by atoms with van der Waals surface area (Å²) in [5, 5.41) is 3.58. The number of nitrogens with one attached hydrogen (secondary N) is 1. The van der Waals surface area contributed by atoms with Gasteiger partial charge in [0.15, 0.2) is 5.82 Å². The first-order valence-electron chi connectivity index (χ1n) is 6.64. The van der Waals surface area contributed by atoms with Gasteiger partial charge < -0.3 is 9.26 Å². The van der Waals surface area contributed by atoms with Crippen molar-refractivity contribution < 1.29 is 17.7 Å². The monoisotopic (exact) mass is 310 g/mol. The van der Waals surface area contributed by atoms with Crippen LogP contribution in [0.4, 0.5) is 5.82 Å². The molecule has 1 aromatic carbocycles. The Bertz CT molecular complexity index is 677. The summed E-state index contributed by atoms with van der Waals surface area (Å²) in [5.74, 6) is 1.22. The average Bonchev–Trinajstić information content (AvgIpc) is 2.84. The van der Waals surface area contributed by atoms with Crippen LogP contribution in [0.5, 0.6) is 5.75 Å². The summed E-state index contributed by atoms with van der Waals surface area (Å²) in [6.07, 6.45) is 0.954. The van der Waals surface area contributed by atoms with Crippen LogP contribution in [0.2, 0.25) is 0 Å². The van der Waals surface area contributed by atoms with Crippen molar-refractivity contribution in [3.8, 4) is 5.75 Å². The number of aromatic nitrogens is 1. The highest BCUT2D eigenvalue weighted by molar-refractivity contribution is 7.92. The lowest BCUT2D eigenvalue weighted by Crippen LogP contribution is -2.21. The number of rotatable bonds is 7. The molecule has 0 saturated heterocycles. The molecule has 0 aliphatic heterocycles. The predicted octanol–water partition coefficient (Wildman–Crippen LogP) is 2.37. The lowest BCUT2D eigenvalue weighted by molar-refractivity contribution is 0.341. The lowest BCUT2D eigenvalue weighted by atomic mass is 10.2. The molecule has 21 heavy (non-hydrogen) atoms. The molecule has 0 atom stereocenters. The van der Waals surface area contributed by atoms with E-state index in [9.17, 15) is 8.42 Å². The normalized spacial score (nSPS) is 11.3. The summed E-state index contributed by atoms with van der Waals surface area (Å²) in [6.45, 7) is 3.82. The first-order chi connectivity index (χ1) is 9.98. The van der Waals surface area contributed by atoms with Gasteiger partial charge >= 0.3 is 0 Å². The van der Waals surface area contributed by atoms with Gasteiger partial charge in [-0.05, 0) is 31.0 Å². The van der Waals surface area contributed by atoms with E-state index in [1.54, 1.807) is 6.92 Å². The number of nitrogens with zero attached hydrogens (tertiary/aromatic N) is 1. The van der Waals surface area contributed by atoms with Crippen LogP contribution in [0.25, 0.3) is 0 Å². The second-order valence-electron chi connectivity index (χ2n) is 4.59. The van der Waals surface area contributed by atoms with Gasteiger partial charge in [-0.3, -0.25) is 4.72 Å². The Morgan fingerprint density at radius 1 is 1.29 bits per heavy atom. The van der Waals surface area contributed by atoms with E-state index < -0.39 is 10.0 Å². The molecule has 1 heterocycles. The first kappa shape index (κ1) is 15.4. The van der Waals surface area contributed by atoms with E-state index in [2.05, 4.69) is 16.8 Å². The number of anilines is 1. The van der Waals surface area contributed by atoms with Crippen LogP contribution in [-0.2, 0) is 16.4 Å². The fourth-order valence-electron chi connectivity index (χ4n) is 1.72. The quantitative estimate of drug-likeness (QED) is 0.849. The molecule has 6 nitrogen and oxygen atoms in total. The minimum Gasteiger partial charge on any atom is -0.492 e. The van der Waals surface area contributed by atoms with Crippen molar-refractivity contribution >= 4 is 15.8 Å². The van der Waals surface area contributed by atoms with Crippen molar-refractivity contribution in [1.29, 1.82) is 0 Å². The van der Waals surface area contributed by atoms with E-state index >= 15 is 0 Å². The number of ether oxygens (including phenoxy) is 1. The molecule has 0 unspecified atom stereocenters. The van der Waals surface area contributed by atoms with Crippen LogP contribution in [0.15, 0.2) is 34.9 Å². The Hall–Kier alpha value is -2.02. The largest absolute Gasteiger partial charge is 0.492 e. The van der Waals surface area contributed by atoms with Gasteiger partial charge in [-0.2, -0.15) is 0 Å². The highest BCUT2D eigenvalue weighted by atomic mass is 32.2. The molecule has 0 aliphatic rings. The van der Waals surface area contributed by atoms with E-state index in [1.165, 1.54) is 11.6 Å². The molecule has 7 heteroatoms. The highest BCUT2D eigenvalue weighted by Gasteiger charge is 2.13. The number of hydrogen-bond donors (Lipinski definition) is 1. The second-order valence-corrected chi connectivity index (χ2v) is 6.43. The highest BCUT2D eigenvalue weighted by Crippen LogP contribution is 2.13. The third kappa shape index (κ3) is 4.78. The van der Waals surface area contributed by atoms with E-state index in [0.29, 0.717) is 11.5 Å². The van der Waals surface area contributed by atoms with Gasteiger partial charge in [0.2, 0.25) is 10.0 Å². The molecule has 114 valence electrons. The minimum atomic E-state index is -3.50. The summed E-state index contributed by atoms with van der Waals surface area (Å²) >= 11 is 0. The van der Waals surface area contributed by atoms with Gasteiger partial charge in [0.05, 0.1) is 0 Å². The van der Waals surface area contributed by atoms with Gasteiger partial charge in [-0.1, -0.05) is 24.2 Å². The van der Waals surface area contributed by atoms with Gasteiger partial charge in [-0.15, -0.1) is 0 Å². The molecule has 0 radical (unpaired) electrons. The molecule has 2 aromatic rings. The average molecular weight is 310 g/mol. The molecule has 0 bridgehead atoms. The molecule has 0 fully saturated rings. The maximum atomic E-state index is 11.8. The van der Waals surface area contributed by atoms with Crippen molar-refractivity contribution in [3.63, 3.8) is 0 Å². The molecule has 0 aliphatic carbocycles. The van der Waals surface area contributed by atoms with Crippen LogP contribution in [0.1, 0.15) is 18.2 Å². The molecule has 0 amide bonds. The van der Waals surface area contributed by atoms with Gasteiger partial charge in [0, 0.05) is 6.07 Å². The predicted molar refractivity (Wildman–Crippen MR) is 80.0 cm³/mol. The molecule has 0 spiro atoms. The van der Waals surface area contributed by atoms with E-state index in [4.69, 9.17) is 9.26 Å². The molecular formula is C14H18N2O4S. The first-order valence-corrected chi connectivity index (χ1v) is 8.29. The molecular weight excluding hydrogens is 292 g/mol.